The fourth-order valence-corrected chi connectivity index (χ4v) is 5.22. The summed E-state index contributed by atoms with van der Waals surface area (Å²) in [4.78, 5) is 16.6. The minimum Gasteiger partial charge on any atom is -0.385 e. The Balaban J connectivity index is 1.24. The summed E-state index contributed by atoms with van der Waals surface area (Å²) in [5.41, 5.74) is 0.747. The number of carbonyl (C=O) groups is 1. The van der Waals surface area contributed by atoms with Crippen LogP contribution < -0.4 is 4.90 Å². The standard InChI is InChI=1S/C26H41FN2O2/c1-31-21-5-8-24(30)7-4-6-22-11-13-23(14-12-22)15-16-28-17-19-29(20-18-28)26-10-3-2-9-25(26)27/h2-3,9-10,22-23H,4-8,11-21H2,1H3/t22-,23-. The molecule has 174 valence electrons. The van der Waals surface area contributed by atoms with E-state index in [-0.39, 0.29) is 5.82 Å². The number of para-hydroxylation sites is 1. The van der Waals surface area contributed by atoms with Gasteiger partial charge in [0.25, 0.3) is 0 Å². The Morgan fingerprint density at radius 1 is 0.968 bits per heavy atom. The van der Waals surface area contributed by atoms with Crippen molar-refractivity contribution in [1.29, 1.82) is 0 Å². The third-order valence-corrected chi connectivity index (χ3v) is 7.26. The molecule has 0 unspecified atom stereocenters. The van der Waals surface area contributed by atoms with Crippen molar-refractivity contribution in [3.05, 3.63) is 30.1 Å². The molecule has 3 rings (SSSR count). The van der Waals surface area contributed by atoms with Crippen molar-refractivity contribution >= 4 is 11.5 Å². The zero-order valence-corrected chi connectivity index (χ0v) is 19.4. The van der Waals surface area contributed by atoms with Gasteiger partial charge < -0.3 is 9.64 Å². The van der Waals surface area contributed by atoms with Crippen LogP contribution in [0.25, 0.3) is 0 Å². The molecule has 1 aliphatic heterocycles. The lowest BCUT2D eigenvalue weighted by Gasteiger charge is -2.37. The smallest absolute Gasteiger partial charge is 0.146 e. The average molecular weight is 433 g/mol. The third kappa shape index (κ3) is 8.19. The number of piperazine rings is 1. The van der Waals surface area contributed by atoms with Crippen molar-refractivity contribution in [1.82, 2.24) is 4.90 Å². The van der Waals surface area contributed by atoms with E-state index in [1.54, 1.807) is 19.2 Å². The molecule has 0 N–H and O–H groups in total. The Morgan fingerprint density at radius 3 is 2.29 bits per heavy atom. The molecule has 31 heavy (non-hydrogen) atoms. The molecule has 5 heteroatoms. The van der Waals surface area contributed by atoms with E-state index in [1.165, 1.54) is 45.1 Å². The van der Waals surface area contributed by atoms with Crippen LogP contribution in [-0.4, -0.2) is 57.1 Å². The van der Waals surface area contributed by atoms with Crippen LogP contribution in [0.4, 0.5) is 10.1 Å². The van der Waals surface area contributed by atoms with E-state index in [2.05, 4.69) is 9.80 Å². The number of ether oxygens (including phenoxy) is 1. The van der Waals surface area contributed by atoms with E-state index < -0.39 is 0 Å². The van der Waals surface area contributed by atoms with Crippen molar-refractivity contribution < 1.29 is 13.9 Å². The number of methoxy groups -OCH3 is 1. The van der Waals surface area contributed by atoms with Crippen LogP contribution in [0.5, 0.6) is 0 Å². The maximum absolute atomic E-state index is 14.0. The Labute approximate surface area is 188 Å². The van der Waals surface area contributed by atoms with Crippen LogP contribution in [0, 0.1) is 17.7 Å². The number of nitrogens with zero attached hydrogens (tertiary/aromatic N) is 2. The first-order valence-corrected chi connectivity index (χ1v) is 12.4. The van der Waals surface area contributed by atoms with E-state index in [1.807, 2.05) is 12.1 Å². The highest BCUT2D eigenvalue weighted by Crippen LogP contribution is 2.33. The summed E-state index contributed by atoms with van der Waals surface area (Å²) in [6.07, 6.45) is 11.2. The van der Waals surface area contributed by atoms with E-state index in [0.29, 0.717) is 18.8 Å². The molecule has 1 saturated carbocycles. The van der Waals surface area contributed by atoms with Crippen molar-refractivity contribution in [2.45, 2.75) is 64.2 Å². The number of Topliss-reactive ketones (excluding diaryl/α,β-unsaturated/α-hetero) is 1. The summed E-state index contributed by atoms with van der Waals surface area (Å²) in [7, 11) is 1.69. The molecule has 1 aliphatic carbocycles. The van der Waals surface area contributed by atoms with Crippen LogP contribution in [0.3, 0.4) is 0 Å². The van der Waals surface area contributed by atoms with Gasteiger partial charge in [-0.05, 0) is 49.8 Å². The molecule has 0 spiro atoms. The molecule has 1 heterocycles. The van der Waals surface area contributed by atoms with Crippen LogP contribution in [0.15, 0.2) is 24.3 Å². The predicted molar refractivity (Wildman–Crippen MR) is 125 cm³/mol. The van der Waals surface area contributed by atoms with E-state index in [9.17, 15) is 9.18 Å². The van der Waals surface area contributed by atoms with Gasteiger partial charge in [-0.15, -0.1) is 0 Å². The Morgan fingerprint density at radius 2 is 1.61 bits per heavy atom. The van der Waals surface area contributed by atoms with Gasteiger partial charge in [-0.1, -0.05) is 44.2 Å². The van der Waals surface area contributed by atoms with Crippen LogP contribution >= 0.6 is 0 Å². The summed E-state index contributed by atoms with van der Waals surface area (Å²) >= 11 is 0. The fraction of sp³-hybridized carbons (Fsp3) is 0.731. The summed E-state index contributed by atoms with van der Waals surface area (Å²) in [5, 5.41) is 0. The average Bonchev–Trinajstić information content (AvgIpc) is 2.79. The molecule has 0 aromatic heterocycles. The van der Waals surface area contributed by atoms with E-state index in [4.69, 9.17) is 4.74 Å². The fourth-order valence-electron chi connectivity index (χ4n) is 5.22. The van der Waals surface area contributed by atoms with Gasteiger partial charge in [0.1, 0.15) is 11.6 Å². The third-order valence-electron chi connectivity index (χ3n) is 7.26. The van der Waals surface area contributed by atoms with Crippen LogP contribution in [-0.2, 0) is 9.53 Å². The highest BCUT2D eigenvalue weighted by Gasteiger charge is 2.23. The number of anilines is 1. The first-order chi connectivity index (χ1) is 15.2. The molecule has 0 bridgehead atoms. The molecule has 0 amide bonds. The molecular weight excluding hydrogens is 391 g/mol. The molecule has 2 aliphatic rings. The molecule has 2 fully saturated rings. The monoisotopic (exact) mass is 432 g/mol. The molecule has 1 aromatic carbocycles. The minimum absolute atomic E-state index is 0.108. The molecule has 1 saturated heterocycles. The maximum Gasteiger partial charge on any atom is 0.146 e. The van der Waals surface area contributed by atoms with E-state index in [0.717, 1.165) is 63.0 Å². The molecule has 4 nitrogen and oxygen atoms in total. The van der Waals surface area contributed by atoms with Gasteiger partial charge in [0.2, 0.25) is 0 Å². The van der Waals surface area contributed by atoms with Gasteiger partial charge in [0.15, 0.2) is 0 Å². The van der Waals surface area contributed by atoms with Gasteiger partial charge in [-0.25, -0.2) is 4.39 Å². The van der Waals surface area contributed by atoms with E-state index >= 15 is 0 Å². The lowest BCUT2D eigenvalue weighted by molar-refractivity contribution is -0.119. The molecule has 0 radical (unpaired) electrons. The predicted octanol–water partition coefficient (Wildman–Crippen LogP) is 5.31. The first-order valence-electron chi connectivity index (χ1n) is 12.4. The lowest BCUT2D eigenvalue weighted by Crippen LogP contribution is -2.47. The SMILES string of the molecule is COCCCC(=O)CCC[C@H]1CC[C@H](CCN2CCN(c3ccccc3F)CC2)CC1. The number of halogens is 1. The van der Waals surface area contributed by atoms with Gasteiger partial charge in [0, 0.05) is 52.7 Å². The van der Waals surface area contributed by atoms with Gasteiger partial charge in [-0.2, -0.15) is 0 Å². The van der Waals surface area contributed by atoms with Crippen LogP contribution in [0.1, 0.15) is 64.2 Å². The number of hydrogen-bond donors (Lipinski definition) is 0. The van der Waals surface area contributed by atoms with Crippen LogP contribution in [0.2, 0.25) is 0 Å². The van der Waals surface area contributed by atoms with Gasteiger partial charge in [0.05, 0.1) is 5.69 Å². The molecule has 1 aromatic rings. The number of ketones is 1. The lowest BCUT2D eigenvalue weighted by atomic mass is 9.78. The second-order valence-electron chi connectivity index (χ2n) is 9.48. The normalized spacial score (nSPS) is 22.6. The number of benzene rings is 1. The summed E-state index contributed by atoms with van der Waals surface area (Å²) in [6.45, 7) is 5.76. The minimum atomic E-state index is -0.108. The zero-order chi connectivity index (χ0) is 21.9. The van der Waals surface area contributed by atoms with Crippen molar-refractivity contribution in [3.63, 3.8) is 0 Å². The van der Waals surface area contributed by atoms with Crippen molar-refractivity contribution in [3.8, 4) is 0 Å². The highest BCUT2D eigenvalue weighted by molar-refractivity contribution is 5.78. The maximum atomic E-state index is 14.0. The van der Waals surface area contributed by atoms with Gasteiger partial charge in [-0.3, -0.25) is 9.69 Å². The van der Waals surface area contributed by atoms with Gasteiger partial charge >= 0.3 is 0 Å². The summed E-state index contributed by atoms with van der Waals surface area (Å²) < 4.78 is 19.0. The zero-order valence-electron chi connectivity index (χ0n) is 19.4. The Hall–Kier alpha value is -1.46. The number of rotatable bonds is 12. The topological polar surface area (TPSA) is 32.8 Å². The molecular formula is C26H41FN2O2. The Kier molecular flexibility index (Phi) is 10.3. The Bertz CT molecular complexity index is 653. The second-order valence-corrected chi connectivity index (χ2v) is 9.48. The number of hydrogen-bond acceptors (Lipinski definition) is 4. The summed E-state index contributed by atoms with van der Waals surface area (Å²) in [6, 6.07) is 7.12. The van der Waals surface area contributed by atoms with Crippen molar-refractivity contribution in [2.24, 2.45) is 11.8 Å². The number of carbonyl (C=O) groups excluding carboxylic acids is 1. The largest absolute Gasteiger partial charge is 0.385 e. The highest BCUT2D eigenvalue weighted by atomic mass is 19.1. The summed E-state index contributed by atoms with van der Waals surface area (Å²) in [5.74, 6) is 1.98. The first kappa shape index (κ1) is 24.2. The van der Waals surface area contributed by atoms with Crippen molar-refractivity contribution in [2.75, 3.05) is 51.3 Å². The second kappa shape index (κ2) is 13.2. The molecule has 0 atom stereocenters. The quantitative estimate of drug-likeness (QED) is 0.419.